The molecule has 174 valence electrons. The maximum Gasteiger partial charge on any atom is 0.253 e. The molecule has 2 heterocycles. The van der Waals surface area contributed by atoms with Gasteiger partial charge in [0.1, 0.15) is 0 Å². The number of aromatic amines is 1. The fourth-order valence-electron chi connectivity index (χ4n) is 4.23. The van der Waals surface area contributed by atoms with Gasteiger partial charge in [-0.3, -0.25) is 9.69 Å². The zero-order valence-electron chi connectivity index (χ0n) is 19.6. The summed E-state index contributed by atoms with van der Waals surface area (Å²) in [6, 6.07) is 14.4. The Kier molecular flexibility index (Phi) is 7.42. The summed E-state index contributed by atoms with van der Waals surface area (Å²) in [5.41, 5.74) is 5.94. The van der Waals surface area contributed by atoms with Crippen LogP contribution in [0.1, 0.15) is 22.3 Å². The quantitative estimate of drug-likeness (QED) is 0.538. The van der Waals surface area contributed by atoms with Gasteiger partial charge in [-0.25, -0.2) is 0 Å². The highest BCUT2D eigenvalue weighted by molar-refractivity contribution is 7.80. The molecule has 0 saturated carbocycles. The highest BCUT2D eigenvalue weighted by atomic mass is 32.1. The van der Waals surface area contributed by atoms with Crippen LogP contribution in [0.2, 0.25) is 0 Å². The summed E-state index contributed by atoms with van der Waals surface area (Å²) in [6.07, 6.45) is 0. The van der Waals surface area contributed by atoms with Crippen molar-refractivity contribution in [1.29, 1.82) is 0 Å². The third-order valence-corrected chi connectivity index (χ3v) is 6.47. The summed E-state index contributed by atoms with van der Waals surface area (Å²) >= 11 is 5.80. The molecule has 4 rings (SSSR count). The van der Waals surface area contributed by atoms with Crippen LogP contribution in [0.5, 0.6) is 0 Å². The van der Waals surface area contributed by atoms with Gasteiger partial charge >= 0.3 is 0 Å². The molecule has 6 nitrogen and oxygen atoms in total. The third kappa shape index (κ3) is 5.99. The second-order valence-electron chi connectivity index (χ2n) is 8.84. The van der Waals surface area contributed by atoms with Crippen molar-refractivity contribution in [2.75, 3.05) is 44.7 Å². The molecule has 1 fully saturated rings. The van der Waals surface area contributed by atoms with E-state index >= 15 is 0 Å². The van der Waals surface area contributed by atoms with Gasteiger partial charge in [-0.2, -0.15) is 0 Å². The van der Waals surface area contributed by atoms with Crippen LogP contribution in [0.25, 0.3) is 10.9 Å². The second-order valence-corrected chi connectivity index (χ2v) is 9.23. The molecule has 1 aliphatic rings. The minimum Gasteiger partial charge on any atom is -0.379 e. The number of H-pyrrole nitrogens is 1. The van der Waals surface area contributed by atoms with Gasteiger partial charge in [0, 0.05) is 37.4 Å². The van der Waals surface area contributed by atoms with Crippen LogP contribution in [-0.4, -0.2) is 59.3 Å². The number of aromatic nitrogens is 1. The molecule has 1 aliphatic heterocycles. The lowest BCUT2D eigenvalue weighted by Gasteiger charge is -2.31. The molecule has 0 bridgehead atoms. The summed E-state index contributed by atoms with van der Waals surface area (Å²) in [4.78, 5) is 20.5. The van der Waals surface area contributed by atoms with Crippen LogP contribution < -0.4 is 10.9 Å². The molecule has 3 aromatic rings. The van der Waals surface area contributed by atoms with Crippen molar-refractivity contribution in [3.8, 4) is 0 Å². The van der Waals surface area contributed by atoms with E-state index in [9.17, 15) is 4.79 Å². The third-order valence-electron chi connectivity index (χ3n) is 6.11. The highest BCUT2D eigenvalue weighted by Crippen LogP contribution is 2.19. The first-order valence-corrected chi connectivity index (χ1v) is 11.9. The molecule has 0 atom stereocenters. The van der Waals surface area contributed by atoms with E-state index in [0.29, 0.717) is 17.2 Å². The van der Waals surface area contributed by atoms with E-state index in [2.05, 4.69) is 58.2 Å². The lowest BCUT2D eigenvalue weighted by atomic mass is 10.1. The predicted molar refractivity (Wildman–Crippen MR) is 139 cm³/mol. The SMILES string of the molecule is Cc1ccc(NC(=S)N(CCN2CCOCC2)Cc2cc3cc(C)cc(C)c3[nH]c2=O)cc1. The summed E-state index contributed by atoms with van der Waals surface area (Å²) in [7, 11) is 0. The van der Waals surface area contributed by atoms with E-state index in [1.54, 1.807) is 0 Å². The van der Waals surface area contributed by atoms with Crippen molar-refractivity contribution in [3.05, 3.63) is 75.1 Å². The molecule has 2 N–H and O–H groups in total. The van der Waals surface area contributed by atoms with Crippen LogP contribution >= 0.6 is 12.2 Å². The van der Waals surface area contributed by atoms with Crippen molar-refractivity contribution in [2.24, 2.45) is 0 Å². The molecule has 33 heavy (non-hydrogen) atoms. The number of nitrogens with one attached hydrogen (secondary N) is 2. The summed E-state index contributed by atoms with van der Waals surface area (Å²) < 4.78 is 5.48. The van der Waals surface area contributed by atoms with Crippen molar-refractivity contribution in [2.45, 2.75) is 27.3 Å². The summed E-state index contributed by atoms with van der Waals surface area (Å²) in [5.74, 6) is 0. The maximum absolute atomic E-state index is 13.0. The van der Waals surface area contributed by atoms with E-state index in [1.807, 2.05) is 25.1 Å². The van der Waals surface area contributed by atoms with Gasteiger partial charge in [0.15, 0.2) is 5.11 Å². The Labute approximate surface area is 200 Å². The monoisotopic (exact) mass is 464 g/mol. The first kappa shape index (κ1) is 23.4. The molecule has 0 amide bonds. The molecule has 0 aliphatic carbocycles. The number of nitrogens with zero attached hydrogens (tertiary/aromatic N) is 2. The normalized spacial score (nSPS) is 14.4. The van der Waals surface area contributed by atoms with Gasteiger partial charge in [0.25, 0.3) is 5.56 Å². The largest absolute Gasteiger partial charge is 0.379 e. The van der Waals surface area contributed by atoms with Gasteiger partial charge in [-0.15, -0.1) is 0 Å². The van der Waals surface area contributed by atoms with Gasteiger partial charge in [-0.1, -0.05) is 29.3 Å². The second kappa shape index (κ2) is 10.5. The highest BCUT2D eigenvalue weighted by Gasteiger charge is 2.17. The Hall–Kier alpha value is -2.74. The topological polar surface area (TPSA) is 60.6 Å². The first-order chi connectivity index (χ1) is 15.9. The van der Waals surface area contributed by atoms with E-state index in [0.717, 1.165) is 61.5 Å². The molecule has 7 heteroatoms. The Bertz CT molecular complexity index is 1180. The number of aryl methyl sites for hydroxylation is 3. The molecule has 2 aromatic carbocycles. The molecule has 1 aromatic heterocycles. The summed E-state index contributed by atoms with van der Waals surface area (Å²) in [6.45, 7) is 11.6. The minimum atomic E-state index is -0.0658. The number of ether oxygens (including phenoxy) is 1. The van der Waals surface area contributed by atoms with Crippen LogP contribution in [-0.2, 0) is 11.3 Å². The summed E-state index contributed by atoms with van der Waals surface area (Å²) in [5, 5.41) is 5.02. The van der Waals surface area contributed by atoms with Crippen molar-refractivity contribution in [1.82, 2.24) is 14.8 Å². The van der Waals surface area contributed by atoms with E-state index in [1.165, 1.54) is 11.1 Å². The molecular weight excluding hydrogens is 432 g/mol. The number of hydrogen-bond donors (Lipinski definition) is 2. The number of pyridine rings is 1. The number of morpholine rings is 1. The van der Waals surface area contributed by atoms with E-state index in [-0.39, 0.29) is 5.56 Å². The van der Waals surface area contributed by atoms with E-state index in [4.69, 9.17) is 17.0 Å². The lowest BCUT2D eigenvalue weighted by molar-refractivity contribution is 0.0358. The molecule has 1 saturated heterocycles. The smallest absolute Gasteiger partial charge is 0.253 e. The zero-order valence-corrected chi connectivity index (χ0v) is 20.4. The zero-order chi connectivity index (χ0) is 23.4. The van der Waals surface area contributed by atoms with Gasteiger partial charge in [0.2, 0.25) is 0 Å². The van der Waals surface area contributed by atoms with Crippen LogP contribution in [0.4, 0.5) is 5.69 Å². The number of fused-ring (bicyclic) bond motifs is 1. The Balaban J connectivity index is 1.57. The molecule has 0 unspecified atom stereocenters. The Morgan fingerprint density at radius 2 is 1.82 bits per heavy atom. The molecule has 0 radical (unpaired) electrons. The van der Waals surface area contributed by atoms with Crippen molar-refractivity contribution in [3.63, 3.8) is 0 Å². The molecular formula is C26H32N4O2S. The number of rotatable bonds is 6. The van der Waals surface area contributed by atoms with Crippen LogP contribution in [0.3, 0.4) is 0 Å². The van der Waals surface area contributed by atoms with Crippen molar-refractivity contribution < 1.29 is 4.74 Å². The van der Waals surface area contributed by atoms with Crippen LogP contribution in [0.15, 0.2) is 47.3 Å². The Morgan fingerprint density at radius 1 is 1.09 bits per heavy atom. The van der Waals surface area contributed by atoms with Gasteiger partial charge < -0.3 is 19.9 Å². The molecule has 0 spiro atoms. The minimum absolute atomic E-state index is 0.0658. The predicted octanol–water partition coefficient (Wildman–Crippen LogP) is 3.98. The van der Waals surface area contributed by atoms with Gasteiger partial charge in [-0.05, 0) is 68.2 Å². The van der Waals surface area contributed by atoms with Crippen molar-refractivity contribution >= 4 is 33.9 Å². The standard InChI is InChI=1S/C26H32N4O2S/c1-18-4-6-23(7-5-18)27-26(33)30(9-8-29-10-12-32-13-11-29)17-22-16-21-15-19(2)14-20(3)24(21)28-25(22)31/h4-7,14-16H,8-13,17H2,1-3H3,(H,27,33)(H,28,31). The number of anilines is 1. The Morgan fingerprint density at radius 3 is 2.55 bits per heavy atom. The van der Waals surface area contributed by atoms with Crippen LogP contribution in [0, 0.1) is 20.8 Å². The lowest BCUT2D eigenvalue weighted by Crippen LogP contribution is -2.44. The van der Waals surface area contributed by atoms with Gasteiger partial charge in [0.05, 0.1) is 25.3 Å². The average Bonchev–Trinajstić information content (AvgIpc) is 2.79. The number of thiocarbonyl (C=S) groups is 1. The fraction of sp³-hybridized carbons (Fsp3) is 0.385. The van der Waals surface area contributed by atoms with E-state index < -0.39 is 0 Å². The average molecular weight is 465 g/mol. The number of benzene rings is 2. The first-order valence-electron chi connectivity index (χ1n) is 11.4. The maximum atomic E-state index is 13.0. The fourth-order valence-corrected chi connectivity index (χ4v) is 4.51. The number of hydrogen-bond acceptors (Lipinski definition) is 4.